The molecule has 2 aromatic carbocycles. The van der Waals surface area contributed by atoms with E-state index < -0.39 is 28.9 Å². The molecule has 0 aliphatic carbocycles. The highest BCUT2D eigenvalue weighted by Crippen LogP contribution is 2.15. The van der Waals surface area contributed by atoms with Crippen molar-refractivity contribution in [2.24, 2.45) is 0 Å². The van der Waals surface area contributed by atoms with Crippen molar-refractivity contribution >= 4 is 34.2 Å². The number of hydrogen-bond donors (Lipinski definition) is 2. The Morgan fingerprint density at radius 2 is 1.70 bits per heavy atom. The second-order valence-corrected chi connectivity index (χ2v) is 7.32. The smallest absolute Gasteiger partial charge is 0.261 e. The Labute approximate surface area is 186 Å². The molecule has 2 heterocycles. The lowest BCUT2D eigenvalue weighted by Crippen LogP contribution is -2.27. The number of carbonyl (C=O) groups is 2. The first-order chi connectivity index (χ1) is 15.8. The average molecular weight is 448 g/mol. The van der Waals surface area contributed by atoms with Crippen LogP contribution >= 0.6 is 0 Å². The summed E-state index contributed by atoms with van der Waals surface area (Å²) in [6.07, 6.45) is 1.26. The second kappa shape index (κ2) is 8.99. The monoisotopic (exact) mass is 448 g/mol. The van der Waals surface area contributed by atoms with Gasteiger partial charge in [0.2, 0.25) is 11.3 Å². The minimum atomic E-state index is -1.10. The van der Waals surface area contributed by atoms with E-state index in [1.54, 1.807) is 49.4 Å². The van der Waals surface area contributed by atoms with Gasteiger partial charge in [0.05, 0.1) is 5.39 Å². The number of nitrogens with one attached hydrogen (secondary N) is 2. The third-order valence-electron chi connectivity index (χ3n) is 4.85. The third kappa shape index (κ3) is 4.77. The molecule has 0 aliphatic rings. The Morgan fingerprint density at radius 1 is 0.939 bits per heavy atom. The number of rotatable bonds is 5. The molecular formula is C24H18F2N4O3. The Hall–Kier alpha value is -4.40. The zero-order valence-electron chi connectivity index (χ0n) is 17.4. The summed E-state index contributed by atoms with van der Waals surface area (Å²) in [6.45, 7) is 1.41. The molecule has 0 saturated carbocycles. The topological polar surface area (TPSA) is 93.1 Å². The molecule has 166 valence electrons. The number of hydrogen-bond acceptors (Lipinski definition) is 4. The fourth-order valence-electron chi connectivity index (χ4n) is 3.29. The number of fused-ring (bicyclic) bond motifs is 1. The van der Waals surface area contributed by atoms with E-state index in [-0.39, 0.29) is 28.8 Å². The predicted octanol–water partition coefficient (Wildman–Crippen LogP) is 3.87. The normalized spacial score (nSPS) is 10.8. The maximum absolute atomic E-state index is 13.5. The lowest BCUT2D eigenvalue weighted by atomic mass is 10.1. The molecule has 9 heteroatoms. The van der Waals surface area contributed by atoms with Crippen LogP contribution in [0.25, 0.3) is 11.0 Å². The van der Waals surface area contributed by atoms with Crippen LogP contribution in [0, 0.1) is 18.6 Å². The van der Waals surface area contributed by atoms with E-state index in [0.29, 0.717) is 11.4 Å². The van der Waals surface area contributed by atoms with Gasteiger partial charge in [-0.15, -0.1) is 0 Å². The lowest BCUT2D eigenvalue weighted by molar-refractivity contribution is -0.116. The van der Waals surface area contributed by atoms with Gasteiger partial charge in [0.15, 0.2) is 11.6 Å². The van der Waals surface area contributed by atoms with Gasteiger partial charge in [0.25, 0.3) is 5.91 Å². The first-order valence-electron chi connectivity index (χ1n) is 9.94. The molecule has 0 unspecified atom stereocenters. The Kier molecular flexibility index (Phi) is 5.95. The highest BCUT2D eigenvalue weighted by atomic mass is 19.2. The van der Waals surface area contributed by atoms with E-state index in [9.17, 15) is 23.2 Å². The average Bonchev–Trinajstić information content (AvgIpc) is 2.78. The number of benzene rings is 2. The number of halogens is 2. The number of amides is 2. The van der Waals surface area contributed by atoms with E-state index in [2.05, 4.69) is 15.6 Å². The van der Waals surface area contributed by atoms with Crippen LogP contribution in [0.1, 0.15) is 16.1 Å². The zero-order chi connectivity index (χ0) is 23.5. The van der Waals surface area contributed by atoms with Crippen LogP contribution in [0.5, 0.6) is 0 Å². The van der Waals surface area contributed by atoms with Crippen molar-refractivity contribution < 1.29 is 18.4 Å². The van der Waals surface area contributed by atoms with Crippen LogP contribution in [-0.2, 0) is 11.3 Å². The Bertz CT molecular complexity index is 1440. The third-order valence-corrected chi connectivity index (χ3v) is 4.85. The molecule has 0 bridgehead atoms. The van der Waals surface area contributed by atoms with E-state index in [0.717, 1.165) is 12.1 Å². The largest absolute Gasteiger partial charge is 0.324 e. The van der Waals surface area contributed by atoms with Gasteiger partial charge in [-0.3, -0.25) is 14.4 Å². The number of aryl methyl sites for hydroxylation is 1. The van der Waals surface area contributed by atoms with Crippen LogP contribution in [0.4, 0.5) is 20.2 Å². The summed E-state index contributed by atoms with van der Waals surface area (Å²) in [5, 5.41) is 5.29. The fraction of sp³-hybridized carbons (Fsp3) is 0.0833. The quantitative estimate of drug-likeness (QED) is 0.485. The van der Waals surface area contributed by atoms with Crippen LogP contribution in [0.15, 0.2) is 71.7 Å². The first kappa shape index (κ1) is 21.8. The van der Waals surface area contributed by atoms with Gasteiger partial charge in [-0.1, -0.05) is 18.2 Å². The fourth-order valence-corrected chi connectivity index (χ4v) is 3.29. The van der Waals surface area contributed by atoms with Crippen LogP contribution in [-0.4, -0.2) is 21.4 Å². The zero-order valence-corrected chi connectivity index (χ0v) is 17.4. The van der Waals surface area contributed by atoms with Crippen molar-refractivity contribution in [2.75, 3.05) is 10.6 Å². The molecule has 0 saturated heterocycles. The highest BCUT2D eigenvalue weighted by molar-refractivity contribution is 6.05. The van der Waals surface area contributed by atoms with Crippen molar-refractivity contribution in [1.29, 1.82) is 0 Å². The van der Waals surface area contributed by atoms with Gasteiger partial charge in [-0.05, 0) is 43.3 Å². The van der Waals surface area contributed by atoms with Gasteiger partial charge in [0.1, 0.15) is 17.8 Å². The summed E-state index contributed by atoms with van der Waals surface area (Å²) in [6, 6.07) is 14.8. The van der Waals surface area contributed by atoms with E-state index in [4.69, 9.17) is 0 Å². The maximum Gasteiger partial charge on any atom is 0.261 e. The summed E-state index contributed by atoms with van der Waals surface area (Å²) in [5.74, 6) is -3.35. The summed E-state index contributed by atoms with van der Waals surface area (Å²) < 4.78 is 28.0. The summed E-state index contributed by atoms with van der Waals surface area (Å²) >= 11 is 0. The van der Waals surface area contributed by atoms with Gasteiger partial charge in [-0.25, -0.2) is 13.8 Å². The van der Waals surface area contributed by atoms with E-state index >= 15 is 0 Å². The highest BCUT2D eigenvalue weighted by Gasteiger charge is 2.18. The molecule has 4 aromatic rings. The van der Waals surface area contributed by atoms with Crippen molar-refractivity contribution in [2.45, 2.75) is 13.5 Å². The minimum absolute atomic E-state index is 0.0652. The van der Waals surface area contributed by atoms with Crippen LogP contribution in [0.3, 0.4) is 0 Å². The van der Waals surface area contributed by atoms with Gasteiger partial charge < -0.3 is 15.2 Å². The van der Waals surface area contributed by atoms with Crippen molar-refractivity contribution in [3.8, 4) is 0 Å². The molecule has 0 atom stereocenters. The molecule has 0 spiro atoms. The number of anilines is 2. The van der Waals surface area contributed by atoms with E-state index in [1.165, 1.54) is 16.8 Å². The van der Waals surface area contributed by atoms with Gasteiger partial charge in [0, 0.05) is 29.3 Å². The molecular weight excluding hydrogens is 430 g/mol. The summed E-state index contributed by atoms with van der Waals surface area (Å²) in [5.41, 5.74) is 0.706. The minimum Gasteiger partial charge on any atom is -0.324 e. The van der Waals surface area contributed by atoms with E-state index in [1.807, 2.05) is 0 Å². The Balaban J connectivity index is 1.70. The molecule has 0 fully saturated rings. The van der Waals surface area contributed by atoms with Crippen molar-refractivity contribution in [3.05, 3.63) is 100.0 Å². The summed E-state index contributed by atoms with van der Waals surface area (Å²) in [7, 11) is 0. The molecule has 2 aromatic heterocycles. The van der Waals surface area contributed by atoms with Crippen molar-refractivity contribution in [1.82, 2.24) is 9.55 Å². The number of pyridine rings is 2. The Morgan fingerprint density at radius 3 is 2.42 bits per heavy atom. The number of aromatic nitrogens is 2. The van der Waals surface area contributed by atoms with Crippen molar-refractivity contribution in [3.63, 3.8) is 0 Å². The maximum atomic E-state index is 13.5. The molecule has 33 heavy (non-hydrogen) atoms. The van der Waals surface area contributed by atoms with Crippen LogP contribution < -0.4 is 16.1 Å². The SMILES string of the molecule is Cc1ccc2c(=O)c(C(=O)Nc3ccccc3)cn(CC(=O)Nc3ccc(F)c(F)c3)c2n1. The molecule has 0 radical (unpaired) electrons. The predicted molar refractivity (Wildman–Crippen MR) is 120 cm³/mol. The molecule has 2 N–H and O–H groups in total. The first-order valence-corrected chi connectivity index (χ1v) is 9.94. The standard InChI is InChI=1S/C24H18F2N4O3/c1-14-7-9-17-22(32)18(24(33)29-15-5-3-2-4-6-15)12-30(23(17)27-14)13-21(31)28-16-8-10-19(25)20(26)11-16/h2-12H,13H2,1H3,(H,28,31)(H,29,33). The number of carbonyl (C=O) groups excluding carboxylic acids is 2. The summed E-state index contributed by atoms with van der Waals surface area (Å²) in [4.78, 5) is 42.8. The molecule has 7 nitrogen and oxygen atoms in total. The number of para-hydroxylation sites is 1. The number of nitrogens with zero attached hydrogens (tertiary/aromatic N) is 2. The second-order valence-electron chi connectivity index (χ2n) is 7.32. The molecule has 4 rings (SSSR count). The lowest BCUT2D eigenvalue weighted by Gasteiger charge is -2.14. The van der Waals surface area contributed by atoms with Gasteiger partial charge >= 0.3 is 0 Å². The molecule has 2 amide bonds. The van der Waals surface area contributed by atoms with Gasteiger partial charge in [-0.2, -0.15) is 0 Å². The molecule has 0 aliphatic heterocycles. The van der Waals surface area contributed by atoms with Crippen LogP contribution in [0.2, 0.25) is 0 Å².